The summed E-state index contributed by atoms with van der Waals surface area (Å²) in [5.41, 5.74) is 1.19. The van der Waals surface area contributed by atoms with E-state index < -0.39 is 0 Å². The van der Waals surface area contributed by atoms with Gasteiger partial charge in [0.15, 0.2) is 0 Å². The summed E-state index contributed by atoms with van der Waals surface area (Å²) < 4.78 is 0. The Balaban J connectivity index is 1.50. The molecule has 1 aromatic rings. The summed E-state index contributed by atoms with van der Waals surface area (Å²) in [6.45, 7) is 4.07. The highest BCUT2D eigenvalue weighted by Gasteiger charge is 2.37. The second-order valence-electron chi connectivity index (χ2n) is 5.33. The van der Waals surface area contributed by atoms with Gasteiger partial charge in [-0.15, -0.1) is 0 Å². The zero-order valence-electron chi connectivity index (χ0n) is 10.5. The summed E-state index contributed by atoms with van der Waals surface area (Å²) in [6, 6.07) is 3.96. The van der Waals surface area contributed by atoms with Gasteiger partial charge in [-0.05, 0) is 36.0 Å². The molecule has 0 spiro atoms. The number of rotatable bonds is 3. The third kappa shape index (κ3) is 2.38. The Morgan fingerprint density at radius 3 is 2.61 bits per heavy atom. The molecule has 18 heavy (non-hydrogen) atoms. The first-order valence-electron chi connectivity index (χ1n) is 6.70. The van der Waals surface area contributed by atoms with Crippen LogP contribution >= 0.6 is 0 Å². The van der Waals surface area contributed by atoms with Gasteiger partial charge in [0.05, 0.1) is 0 Å². The van der Waals surface area contributed by atoms with Crippen LogP contribution < -0.4 is 5.32 Å². The second-order valence-corrected chi connectivity index (χ2v) is 5.33. The Labute approximate surface area is 107 Å². The predicted octanol–water partition coefficient (Wildman–Crippen LogP) is 0.692. The molecule has 1 aromatic heterocycles. The van der Waals surface area contributed by atoms with E-state index >= 15 is 0 Å². The molecule has 1 amide bonds. The number of pyridine rings is 1. The Kier molecular flexibility index (Phi) is 3.28. The fourth-order valence-corrected chi connectivity index (χ4v) is 3.02. The van der Waals surface area contributed by atoms with Gasteiger partial charge < -0.3 is 10.2 Å². The van der Waals surface area contributed by atoms with Crippen LogP contribution in [0, 0.1) is 11.8 Å². The zero-order valence-corrected chi connectivity index (χ0v) is 10.5. The molecule has 0 bridgehead atoms. The molecule has 4 heteroatoms. The number of likely N-dealkylation sites (tertiary alicyclic amines) is 1. The molecule has 1 N–H and O–H groups in total. The van der Waals surface area contributed by atoms with Crippen LogP contribution in [0.4, 0.5) is 0 Å². The van der Waals surface area contributed by atoms with E-state index in [0.717, 1.165) is 32.6 Å². The number of aryl methyl sites for hydroxylation is 1. The minimum absolute atomic E-state index is 0.307. The van der Waals surface area contributed by atoms with E-state index in [1.54, 1.807) is 12.4 Å². The van der Waals surface area contributed by atoms with Crippen LogP contribution in [-0.2, 0) is 11.2 Å². The highest BCUT2D eigenvalue weighted by molar-refractivity contribution is 5.76. The summed E-state index contributed by atoms with van der Waals surface area (Å²) in [6.07, 6.45) is 5.01. The van der Waals surface area contributed by atoms with Gasteiger partial charge in [0.25, 0.3) is 0 Å². The number of carbonyl (C=O) groups excluding carboxylic acids is 1. The number of fused-ring (bicyclic) bond motifs is 1. The van der Waals surface area contributed by atoms with Gasteiger partial charge in [0.2, 0.25) is 5.91 Å². The van der Waals surface area contributed by atoms with Gasteiger partial charge in [0, 0.05) is 45.0 Å². The molecular formula is C14H19N3O. The molecule has 3 heterocycles. The fourth-order valence-electron chi connectivity index (χ4n) is 3.02. The molecule has 0 aliphatic carbocycles. The molecular weight excluding hydrogens is 226 g/mol. The van der Waals surface area contributed by atoms with Gasteiger partial charge >= 0.3 is 0 Å². The van der Waals surface area contributed by atoms with Crippen molar-refractivity contribution in [2.24, 2.45) is 11.8 Å². The van der Waals surface area contributed by atoms with Crippen molar-refractivity contribution in [1.29, 1.82) is 0 Å². The van der Waals surface area contributed by atoms with Crippen LogP contribution in [0.5, 0.6) is 0 Å². The first kappa shape index (κ1) is 11.7. The van der Waals surface area contributed by atoms with Gasteiger partial charge in [0.1, 0.15) is 0 Å². The minimum atomic E-state index is 0.307. The standard InChI is InChI=1S/C14H19N3O/c18-14(2-1-11-3-5-15-6-4-11)17-9-12-7-16-8-13(12)10-17/h3-6,12-13,16H,1-2,7-10H2. The maximum atomic E-state index is 12.1. The van der Waals surface area contributed by atoms with Crippen LogP contribution in [0.1, 0.15) is 12.0 Å². The van der Waals surface area contributed by atoms with Crippen LogP contribution in [0.25, 0.3) is 0 Å². The van der Waals surface area contributed by atoms with Gasteiger partial charge in [-0.1, -0.05) is 0 Å². The van der Waals surface area contributed by atoms with Crippen molar-refractivity contribution in [2.45, 2.75) is 12.8 Å². The molecule has 2 unspecified atom stereocenters. The summed E-state index contributed by atoms with van der Waals surface area (Å²) in [5.74, 6) is 1.69. The van der Waals surface area contributed by atoms with Crippen molar-refractivity contribution < 1.29 is 4.79 Å². The Morgan fingerprint density at radius 2 is 1.94 bits per heavy atom. The van der Waals surface area contributed by atoms with Crippen LogP contribution in [0.2, 0.25) is 0 Å². The molecule has 2 saturated heterocycles. The number of nitrogens with one attached hydrogen (secondary N) is 1. The summed E-state index contributed by atoms with van der Waals surface area (Å²) in [7, 11) is 0. The van der Waals surface area contributed by atoms with Gasteiger partial charge in [-0.2, -0.15) is 0 Å². The van der Waals surface area contributed by atoms with Gasteiger partial charge in [-0.25, -0.2) is 0 Å². The maximum absolute atomic E-state index is 12.1. The lowest BCUT2D eigenvalue weighted by atomic mass is 10.0. The smallest absolute Gasteiger partial charge is 0.222 e. The van der Waals surface area contributed by atoms with E-state index in [0.29, 0.717) is 24.2 Å². The first-order valence-corrected chi connectivity index (χ1v) is 6.70. The summed E-state index contributed by atoms with van der Waals surface area (Å²) in [5, 5.41) is 3.40. The molecule has 2 atom stereocenters. The number of carbonyl (C=O) groups is 1. The minimum Gasteiger partial charge on any atom is -0.342 e. The first-order chi connectivity index (χ1) is 8.83. The van der Waals surface area contributed by atoms with E-state index in [1.807, 2.05) is 12.1 Å². The molecule has 3 rings (SSSR count). The molecule has 2 aliphatic heterocycles. The Bertz CT molecular complexity index is 408. The average molecular weight is 245 g/mol. The molecule has 4 nitrogen and oxygen atoms in total. The quantitative estimate of drug-likeness (QED) is 0.852. The predicted molar refractivity (Wildman–Crippen MR) is 69.0 cm³/mol. The molecule has 0 aromatic carbocycles. The summed E-state index contributed by atoms with van der Waals surface area (Å²) >= 11 is 0. The highest BCUT2D eigenvalue weighted by Crippen LogP contribution is 2.26. The van der Waals surface area contributed by atoms with E-state index in [1.165, 1.54) is 5.56 Å². The molecule has 0 radical (unpaired) electrons. The number of hydrogen-bond acceptors (Lipinski definition) is 3. The molecule has 96 valence electrons. The SMILES string of the molecule is O=C(CCc1ccncc1)N1CC2CNCC2C1. The van der Waals surface area contributed by atoms with E-state index in [-0.39, 0.29) is 0 Å². The van der Waals surface area contributed by atoms with Crippen molar-refractivity contribution >= 4 is 5.91 Å². The summed E-state index contributed by atoms with van der Waals surface area (Å²) in [4.78, 5) is 18.2. The average Bonchev–Trinajstić information content (AvgIpc) is 2.98. The van der Waals surface area contributed by atoms with Crippen LogP contribution in [0.3, 0.4) is 0 Å². The number of amides is 1. The van der Waals surface area contributed by atoms with Crippen molar-refractivity contribution in [3.8, 4) is 0 Å². The molecule has 2 aliphatic rings. The lowest BCUT2D eigenvalue weighted by molar-refractivity contribution is -0.130. The monoisotopic (exact) mass is 245 g/mol. The maximum Gasteiger partial charge on any atom is 0.222 e. The number of nitrogens with zero attached hydrogens (tertiary/aromatic N) is 2. The topological polar surface area (TPSA) is 45.2 Å². The largest absolute Gasteiger partial charge is 0.342 e. The van der Waals surface area contributed by atoms with Crippen molar-refractivity contribution in [1.82, 2.24) is 15.2 Å². The molecule has 0 saturated carbocycles. The lowest BCUT2D eigenvalue weighted by Crippen LogP contribution is -2.31. The van der Waals surface area contributed by atoms with Gasteiger partial charge in [-0.3, -0.25) is 9.78 Å². The van der Waals surface area contributed by atoms with E-state index in [4.69, 9.17) is 0 Å². The Morgan fingerprint density at radius 1 is 1.28 bits per heavy atom. The lowest BCUT2D eigenvalue weighted by Gasteiger charge is -2.17. The van der Waals surface area contributed by atoms with E-state index in [9.17, 15) is 4.79 Å². The van der Waals surface area contributed by atoms with Crippen LogP contribution in [-0.4, -0.2) is 42.0 Å². The molecule has 2 fully saturated rings. The van der Waals surface area contributed by atoms with Crippen LogP contribution in [0.15, 0.2) is 24.5 Å². The van der Waals surface area contributed by atoms with E-state index in [2.05, 4.69) is 15.2 Å². The number of hydrogen-bond donors (Lipinski definition) is 1. The van der Waals surface area contributed by atoms with Crippen molar-refractivity contribution in [3.63, 3.8) is 0 Å². The fraction of sp³-hybridized carbons (Fsp3) is 0.571. The number of aromatic nitrogens is 1. The second kappa shape index (κ2) is 5.06. The highest BCUT2D eigenvalue weighted by atomic mass is 16.2. The Hall–Kier alpha value is -1.42. The third-order valence-corrected chi connectivity index (χ3v) is 4.12. The van der Waals surface area contributed by atoms with Crippen molar-refractivity contribution in [2.75, 3.05) is 26.2 Å². The third-order valence-electron chi connectivity index (χ3n) is 4.12. The van der Waals surface area contributed by atoms with Crippen molar-refractivity contribution in [3.05, 3.63) is 30.1 Å². The zero-order chi connectivity index (χ0) is 12.4. The normalized spacial score (nSPS) is 26.3.